The lowest BCUT2D eigenvalue weighted by Gasteiger charge is -2.12. The van der Waals surface area contributed by atoms with E-state index in [1.165, 1.54) is 36.3 Å². The molecule has 1 amide bonds. The summed E-state index contributed by atoms with van der Waals surface area (Å²) in [5.74, 6) is -3.35. The Bertz CT molecular complexity index is 1070. The first-order chi connectivity index (χ1) is 15.2. The molecule has 0 saturated carbocycles. The molecule has 32 heavy (non-hydrogen) atoms. The maximum absolute atomic E-state index is 13.7. The number of carbonyl (C=O) groups excluding carboxylic acids is 1. The Morgan fingerprint density at radius 1 is 1.19 bits per heavy atom. The molecule has 0 aliphatic carbocycles. The minimum Gasteiger partial charge on any atom is -0.366 e. The van der Waals surface area contributed by atoms with Crippen molar-refractivity contribution in [3.8, 4) is 0 Å². The van der Waals surface area contributed by atoms with E-state index in [1.807, 2.05) is 0 Å². The summed E-state index contributed by atoms with van der Waals surface area (Å²) in [6, 6.07) is 1.34. The Labute approximate surface area is 178 Å². The highest BCUT2D eigenvalue weighted by Crippen LogP contribution is 2.17. The number of hydrogen-bond acceptors (Lipinski definition) is 6. The molecule has 0 radical (unpaired) electrons. The summed E-state index contributed by atoms with van der Waals surface area (Å²) in [6.07, 6.45) is 1.53. The highest BCUT2D eigenvalue weighted by molar-refractivity contribution is 5.76. The average molecular weight is 455 g/mol. The van der Waals surface area contributed by atoms with Crippen LogP contribution < -0.4 is 16.0 Å². The maximum Gasteiger partial charge on any atom is 0.258 e. The predicted molar refractivity (Wildman–Crippen MR) is 105 cm³/mol. The van der Waals surface area contributed by atoms with Crippen LogP contribution in [0.3, 0.4) is 0 Å². The van der Waals surface area contributed by atoms with Crippen molar-refractivity contribution in [2.45, 2.75) is 32.5 Å². The van der Waals surface area contributed by atoms with Crippen molar-refractivity contribution >= 4 is 23.4 Å². The van der Waals surface area contributed by atoms with Gasteiger partial charge in [0.2, 0.25) is 11.9 Å². The molecule has 170 valence electrons. The van der Waals surface area contributed by atoms with Gasteiger partial charge in [0.05, 0.1) is 17.9 Å². The molecular weight excluding hydrogens is 437 g/mol. The normalized spacial score (nSPS) is 12.0. The van der Waals surface area contributed by atoms with Gasteiger partial charge < -0.3 is 16.0 Å². The Morgan fingerprint density at radius 2 is 1.91 bits per heavy atom. The van der Waals surface area contributed by atoms with Gasteiger partial charge in [-0.1, -0.05) is 0 Å². The molecule has 2 heterocycles. The third kappa shape index (κ3) is 6.12. The van der Waals surface area contributed by atoms with Crippen LogP contribution >= 0.6 is 0 Å². The second-order valence-electron chi connectivity index (χ2n) is 6.71. The number of alkyl halides is 2. The SMILES string of the molecule is CC(NC(=O)Cn1cc(Nc2nccc(NCc3c(F)cc(F)cc3F)n2)cn1)C(F)F. The first kappa shape index (κ1) is 22.9. The molecule has 1 atom stereocenters. The average Bonchev–Trinajstić information content (AvgIpc) is 3.13. The largest absolute Gasteiger partial charge is 0.366 e. The molecule has 1 aromatic carbocycles. The van der Waals surface area contributed by atoms with Crippen LogP contribution in [0, 0.1) is 17.5 Å². The van der Waals surface area contributed by atoms with Crippen molar-refractivity contribution in [3.05, 3.63) is 59.8 Å². The Kier molecular flexibility index (Phi) is 7.18. The van der Waals surface area contributed by atoms with E-state index in [2.05, 4.69) is 31.0 Å². The minimum absolute atomic E-state index is 0.116. The number of benzene rings is 1. The standard InChI is InChI=1S/C19H18F5N7O/c1-10(18(23)24)28-17(32)9-31-8-12(6-27-31)29-19-25-3-2-16(30-19)26-7-13-14(21)4-11(20)5-15(13)22/h2-6,8,10,18H,7,9H2,1H3,(H,28,32)(H2,25,26,29,30). The van der Waals surface area contributed by atoms with E-state index in [0.717, 1.165) is 0 Å². The van der Waals surface area contributed by atoms with Gasteiger partial charge in [0.25, 0.3) is 6.43 Å². The molecule has 1 unspecified atom stereocenters. The second kappa shape index (κ2) is 10.0. The summed E-state index contributed by atoms with van der Waals surface area (Å²) in [5, 5.41) is 11.7. The van der Waals surface area contributed by atoms with Crippen LogP contribution in [-0.2, 0) is 17.9 Å². The van der Waals surface area contributed by atoms with Crippen LogP contribution in [0.5, 0.6) is 0 Å². The van der Waals surface area contributed by atoms with Gasteiger partial charge in [-0.3, -0.25) is 9.48 Å². The van der Waals surface area contributed by atoms with Gasteiger partial charge in [0.1, 0.15) is 29.8 Å². The third-order valence-electron chi connectivity index (χ3n) is 4.17. The summed E-state index contributed by atoms with van der Waals surface area (Å²) in [4.78, 5) is 19.9. The Balaban J connectivity index is 1.59. The molecule has 8 nitrogen and oxygen atoms in total. The lowest BCUT2D eigenvalue weighted by atomic mass is 10.2. The molecule has 0 saturated heterocycles. The van der Waals surface area contributed by atoms with Gasteiger partial charge in [-0.25, -0.2) is 26.9 Å². The summed E-state index contributed by atoms with van der Waals surface area (Å²) in [6.45, 7) is 0.643. The topological polar surface area (TPSA) is 96.8 Å². The summed E-state index contributed by atoms with van der Waals surface area (Å²) >= 11 is 0. The summed E-state index contributed by atoms with van der Waals surface area (Å²) in [5.41, 5.74) is 0.0627. The number of amides is 1. The molecule has 3 rings (SSSR count). The number of aromatic nitrogens is 4. The van der Waals surface area contributed by atoms with Crippen molar-refractivity contribution < 1.29 is 26.7 Å². The third-order valence-corrected chi connectivity index (χ3v) is 4.17. The van der Waals surface area contributed by atoms with Crippen LogP contribution in [0.15, 0.2) is 36.8 Å². The van der Waals surface area contributed by atoms with E-state index < -0.39 is 35.8 Å². The molecular formula is C19H18F5N7O. The fraction of sp³-hybridized carbons (Fsp3) is 0.263. The van der Waals surface area contributed by atoms with Crippen molar-refractivity contribution in [2.75, 3.05) is 10.6 Å². The van der Waals surface area contributed by atoms with E-state index in [9.17, 15) is 26.7 Å². The molecule has 0 fully saturated rings. The number of nitrogens with one attached hydrogen (secondary N) is 3. The predicted octanol–water partition coefficient (Wildman–Crippen LogP) is 3.22. The zero-order chi connectivity index (χ0) is 23.3. The van der Waals surface area contributed by atoms with Crippen LogP contribution in [0.25, 0.3) is 0 Å². The van der Waals surface area contributed by atoms with Gasteiger partial charge in [0.15, 0.2) is 0 Å². The first-order valence-corrected chi connectivity index (χ1v) is 9.28. The monoisotopic (exact) mass is 455 g/mol. The number of anilines is 3. The van der Waals surface area contributed by atoms with Crippen LogP contribution in [-0.4, -0.2) is 38.1 Å². The maximum atomic E-state index is 13.7. The van der Waals surface area contributed by atoms with Gasteiger partial charge in [-0.15, -0.1) is 0 Å². The van der Waals surface area contributed by atoms with Crippen molar-refractivity contribution in [2.24, 2.45) is 0 Å². The second-order valence-corrected chi connectivity index (χ2v) is 6.71. The summed E-state index contributed by atoms with van der Waals surface area (Å²) < 4.78 is 66.7. The van der Waals surface area contributed by atoms with E-state index >= 15 is 0 Å². The van der Waals surface area contributed by atoms with Gasteiger partial charge in [0, 0.05) is 36.6 Å². The van der Waals surface area contributed by atoms with E-state index in [0.29, 0.717) is 17.8 Å². The zero-order valence-electron chi connectivity index (χ0n) is 16.6. The van der Waals surface area contributed by atoms with Crippen molar-refractivity contribution in [1.29, 1.82) is 0 Å². The fourth-order valence-corrected chi connectivity index (χ4v) is 2.59. The quantitative estimate of drug-likeness (QED) is 0.429. The first-order valence-electron chi connectivity index (χ1n) is 9.28. The molecule has 0 spiro atoms. The highest BCUT2D eigenvalue weighted by Gasteiger charge is 2.17. The molecule has 0 aliphatic heterocycles. The molecule has 13 heteroatoms. The van der Waals surface area contributed by atoms with Gasteiger partial charge >= 0.3 is 0 Å². The smallest absolute Gasteiger partial charge is 0.258 e. The number of halogens is 5. The number of carbonyl (C=O) groups is 1. The van der Waals surface area contributed by atoms with Gasteiger partial charge in [-0.05, 0) is 13.0 Å². The number of hydrogen-bond donors (Lipinski definition) is 3. The fourth-order valence-electron chi connectivity index (χ4n) is 2.59. The number of nitrogens with zero attached hydrogens (tertiary/aromatic N) is 4. The summed E-state index contributed by atoms with van der Waals surface area (Å²) in [7, 11) is 0. The molecule has 3 N–H and O–H groups in total. The Hall–Kier alpha value is -3.77. The van der Waals surface area contributed by atoms with E-state index in [4.69, 9.17) is 0 Å². The number of rotatable bonds is 9. The molecule has 3 aromatic rings. The van der Waals surface area contributed by atoms with Crippen LogP contribution in [0.2, 0.25) is 0 Å². The Morgan fingerprint density at radius 3 is 2.59 bits per heavy atom. The van der Waals surface area contributed by atoms with Crippen LogP contribution in [0.1, 0.15) is 12.5 Å². The lowest BCUT2D eigenvalue weighted by Crippen LogP contribution is -2.39. The van der Waals surface area contributed by atoms with Crippen molar-refractivity contribution in [3.63, 3.8) is 0 Å². The van der Waals surface area contributed by atoms with E-state index in [-0.39, 0.29) is 30.4 Å². The molecule has 0 aliphatic rings. The van der Waals surface area contributed by atoms with Crippen molar-refractivity contribution in [1.82, 2.24) is 25.1 Å². The lowest BCUT2D eigenvalue weighted by molar-refractivity contribution is -0.123. The molecule has 2 aromatic heterocycles. The highest BCUT2D eigenvalue weighted by atomic mass is 19.3. The van der Waals surface area contributed by atoms with E-state index in [1.54, 1.807) is 0 Å². The molecule has 0 bridgehead atoms. The zero-order valence-corrected chi connectivity index (χ0v) is 16.6. The van der Waals surface area contributed by atoms with Crippen LogP contribution in [0.4, 0.5) is 39.4 Å². The minimum atomic E-state index is -2.68. The van der Waals surface area contributed by atoms with Gasteiger partial charge in [-0.2, -0.15) is 10.1 Å².